The summed E-state index contributed by atoms with van der Waals surface area (Å²) in [6.07, 6.45) is -0.333. The van der Waals surface area contributed by atoms with Crippen LogP contribution in [0.3, 0.4) is 0 Å². The van der Waals surface area contributed by atoms with Crippen LogP contribution in [0, 0.1) is 0 Å². The van der Waals surface area contributed by atoms with Crippen molar-refractivity contribution in [2.75, 3.05) is 39.4 Å². The van der Waals surface area contributed by atoms with E-state index in [4.69, 9.17) is 19.3 Å². The Morgan fingerprint density at radius 2 is 1.96 bits per heavy atom. The second-order valence-electron chi connectivity index (χ2n) is 5.51. The van der Waals surface area contributed by atoms with E-state index >= 15 is 0 Å². The van der Waals surface area contributed by atoms with Gasteiger partial charge in [0, 0.05) is 24.5 Å². The first-order valence-electron chi connectivity index (χ1n) is 8.19. The van der Waals surface area contributed by atoms with Gasteiger partial charge in [-0.1, -0.05) is 0 Å². The fraction of sp³-hybridized carbons (Fsp3) is 0.389. The number of carbonyl (C=O) groups excluding carboxylic acids is 1. The van der Waals surface area contributed by atoms with E-state index in [2.05, 4.69) is 4.98 Å². The molecule has 27 heavy (non-hydrogen) atoms. The third-order valence-electron chi connectivity index (χ3n) is 3.78. The summed E-state index contributed by atoms with van der Waals surface area (Å²) in [7, 11) is 4.68. The lowest BCUT2D eigenvalue weighted by Crippen LogP contribution is -2.34. The minimum absolute atomic E-state index is 0.101. The maximum absolute atomic E-state index is 12.5. The summed E-state index contributed by atoms with van der Waals surface area (Å²) >= 11 is 1.29. The Labute approximate surface area is 161 Å². The molecule has 2 rings (SSSR count). The van der Waals surface area contributed by atoms with Gasteiger partial charge in [-0.05, 0) is 18.2 Å². The Morgan fingerprint density at radius 1 is 1.19 bits per heavy atom. The number of rotatable bonds is 10. The molecule has 0 bridgehead atoms. The van der Waals surface area contributed by atoms with Gasteiger partial charge < -0.3 is 19.3 Å². The molecule has 0 aliphatic heterocycles. The third kappa shape index (κ3) is 5.41. The van der Waals surface area contributed by atoms with E-state index in [0.717, 1.165) is 5.56 Å². The van der Waals surface area contributed by atoms with Gasteiger partial charge in [0.15, 0.2) is 5.13 Å². The first-order valence-corrected chi connectivity index (χ1v) is 9.07. The van der Waals surface area contributed by atoms with Crippen molar-refractivity contribution < 1.29 is 28.9 Å². The van der Waals surface area contributed by atoms with Crippen LogP contribution >= 0.6 is 11.3 Å². The van der Waals surface area contributed by atoms with Crippen molar-refractivity contribution in [3.63, 3.8) is 0 Å². The third-order valence-corrected chi connectivity index (χ3v) is 4.64. The molecule has 1 N–H and O–H groups in total. The second-order valence-corrected chi connectivity index (χ2v) is 6.35. The number of carboxylic acid groups (broad SMARTS) is 1. The molecule has 0 aliphatic carbocycles. The van der Waals surface area contributed by atoms with Crippen LogP contribution in [0.2, 0.25) is 0 Å². The molecule has 0 saturated carbocycles. The number of aromatic nitrogens is 1. The van der Waals surface area contributed by atoms with Gasteiger partial charge in [-0.15, -0.1) is 11.3 Å². The van der Waals surface area contributed by atoms with Crippen molar-refractivity contribution in [1.29, 1.82) is 0 Å². The summed E-state index contributed by atoms with van der Waals surface area (Å²) in [5.74, 6) is -0.0358. The largest absolute Gasteiger partial charge is 0.497 e. The smallest absolute Gasteiger partial charge is 0.303 e. The molecule has 2 aromatic rings. The topological polar surface area (TPSA) is 98.2 Å². The van der Waals surface area contributed by atoms with Crippen LogP contribution in [0.1, 0.15) is 12.8 Å². The van der Waals surface area contributed by atoms with E-state index in [-0.39, 0.29) is 25.3 Å². The van der Waals surface area contributed by atoms with Gasteiger partial charge >= 0.3 is 5.97 Å². The van der Waals surface area contributed by atoms with Gasteiger partial charge in [0.1, 0.15) is 11.5 Å². The molecule has 146 valence electrons. The van der Waals surface area contributed by atoms with E-state index in [1.165, 1.54) is 23.3 Å². The van der Waals surface area contributed by atoms with Gasteiger partial charge in [-0.25, -0.2) is 4.98 Å². The number of carbonyl (C=O) groups is 2. The Morgan fingerprint density at radius 3 is 2.59 bits per heavy atom. The molecule has 0 saturated heterocycles. The molecule has 1 heterocycles. The average Bonchev–Trinajstić information content (AvgIpc) is 3.15. The minimum atomic E-state index is -1.02. The quantitative estimate of drug-likeness (QED) is 0.661. The summed E-state index contributed by atoms with van der Waals surface area (Å²) in [4.78, 5) is 29.2. The number of aliphatic carboxylic acids is 1. The molecule has 9 heteroatoms. The summed E-state index contributed by atoms with van der Waals surface area (Å²) < 4.78 is 15.7. The predicted octanol–water partition coefficient (Wildman–Crippen LogP) is 2.67. The first-order chi connectivity index (χ1) is 13.0. The maximum atomic E-state index is 12.5. The number of hydrogen-bond donors (Lipinski definition) is 1. The molecule has 1 aromatic heterocycles. The number of carboxylic acids is 1. The van der Waals surface area contributed by atoms with Crippen LogP contribution < -0.4 is 14.4 Å². The normalized spacial score (nSPS) is 10.5. The SMILES string of the molecule is COCCN(C(=O)CCC(=O)O)c1nc(-c2cc(OC)ccc2OC)cs1. The van der Waals surface area contributed by atoms with E-state index in [9.17, 15) is 9.59 Å². The summed E-state index contributed by atoms with van der Waals surface area (Å²) in [6.45, 7) is 0.605. The highest BCUT2D eigenvalue weighted by Crippen LogP contribution is 2.36. The fourth-order valence-corrected chi connectivity index (χ4v) is 3.25. The zero-order valence-electron chi connectivity index (χ0n) is 15.4. The lowest BCUT2D eigenvalue weighted by atomic mass is 10.1. The highest BCUT2D eigenvalue weighted by molar-refractivity contribution is 7.14. The molecule has 0 fully saturated rings. The highest BCUT2D eigenvalue weighted by atomic mass is 32.1. The van der Waals surface area contributed by atoms with Crippen LogP contribution in [0.4, 0.5) is 5.13 Å². The number of ether oxygens (including phenoxy) is 3. The minimum Gasteiger partial charge on any atom is -0.497 e. The zero-order valence-corrected chi connectivity index (χ0v) is 16.2. The van der Waals surface area contributed by atoms with E-state index in [1.54, 1.807) is 26.4 Å². The van der Waals surface area contributed by atoms with Crippen molar-refractivity contribution in [3.05, 3.63) is 23.6 Å². The monoisotopic (exact) mass is 394 g/mol. The molecule has 0 spiro atoms. The van der Waals surface area contributed by atoms with E-state index in [1.807, 2.05) is 11.4 Å². The van der Waals surface area contributed by atoms with Crippen molar-refractivity contribution >= 4 is 28.3 Å². The van der Waals surface area contributed by atoms with Gasteiger partial charge in [0.05, 0.1) is 39.5 Å². The Kier molecular flexibility index (Phi) is 7.56. The lowest BCUT2D eigenvalue weighted by Gasteiger charge is -2.19. The summed E-state index contributed by atoms with van der Waals surface area (Å²) in [5, 5.41) is 11.1. The second kappa shape index (κ2) is 9.89. The fourth-order valence-electron chi connectivity index (χ4n) is 2.38. The van der Waals surface area contributed by atoms with Crippen LogP contribution in [-0.2, 0) is 14.3 Å². The number of benzene rings is 1. The van der Waals surface area contributed by atoms with Gasteiger partial charge in [-0.2, -0.15) is 0 Å². The molecular weight excluding hydrogens is 372 g/mol. The average molecular weight is 394 g/mol. The highest BCUT2D eigenvalue weighted by Gasteiger charge is 2.21. The number of anilines is 1. The predicted molar refractivity (Wildman–Crippen MR) is 102 cm³/mol. The molecular formula is C18H22N2O6S. The lowest BCUT2D eigenvalue weighted by molar-refractivity contribution is -0.138. The number of hydrogen-bond acceptors (Lipinski definition) is 7. The molecule has 1 aromatic carbocycles. The van der Waals surface area contributed by atoms with Crippen molar-refractivity contribution in [2.24, 2.45) is 0 Å². The molecule has 0 aliphatic rings. The van der Waals surface area contributed by atoms with Crippen molar-refractivity contribution in [1.82, 2.24) is 4.98 Å². The van der Waals surface area contributed by atoms with Gasteiger partial charge in [0.2, 0.25) is 5.91 Å². The Balaban J connectivity index is 2.31. The Hall–Kier alpha value is -2.65. The van der Waals surface area contributed by atoms with E-state index in [0.29, 0.717) is 28.9 Å². The Bertz CT molecular complexity index is 792. The van der Waals surface area contributed by atoms with Crippen LogP contribution in [-0.4, -0.2) is 56.4 Å². The van der Waals surface area contributed by atoms with Gasteiger partial charge in [-0.3, -0.25) is 14.5 Å². The van der Waals surface area contributed by atoms with Crippen LogP contribution in [0.25, 0.3) is 11.3 Å². The molecule has 8 nitrogen and oxygen atoms in total. The van der Waals surface area contributed by atoms with Crippen molar-refractivity contribution in [2.45, 2.75) is 12.8 Å². The van der Waals surface area contributed by atoms with Gasteiger partial charge in [0.25, 0.3) is 0 Å². The number of nitrogens with zero attached hydrogens (tertiary/aromatic N) is 2. The first kappa shape index (κ1) is 20.7. The molecule has 1 amide bonds. The van der Waals surface area contributed by atoms with Crippen molar-refractivity contribution in [3.8, 4) is 22.8 Å². The summed E-state index contributed by atoms with van der Waals surface area (Å²) in [5.41, 5.74) is 1.38. The molecule has 0 atom stereocenters. The molecule has 0 unspecified atom stereocenters. The number of amides is 1. The summed E-state index contributed by atoms with van der Waals surface area (Å²) in [6, 6.07) is 5.38. The standard InChI is InChI=1S/C18H22N2O6S/c1-24-9-8-20(16(21)6-7-17(22)23)18-19-14(11-27-18)13-10-12(25-2)4-5-15(13)26-3/h4-5,10-11H,6-9H2,1-3H3,(H,22,23). The van der Waals surface area contributed by atoms with Crippen LogP contribution in [0.5, 0.6) is 11.5 Å². The van der Waals surface area contributed by atoms with Crippen LogP contribution in [0.15, 0.2) is 23.6 Å². The number of methoxy groups -OCH3 is 3. The maximum Gasteiger partial charge on any atom is 0.303 e. The zero-order chi connectivity index (χ0) is 19.8. The molecule has 0 radical (unpaired) electrons. The number of thiazole rings is 1. The van der Waals surface area contributed by atoms with E-state index < -0.39 is 5.97 Å².